The lowest BCUT2D eigenvalue weighted by molar-refractivity contribution is -0.124. The lowest BCUT2D eigenvalue weighted by atomic mass is 9.91. The fourth-order valence-electron chi connectivity index (χ4n) is 3.74. The summed E-state index contributed by atoms with van der Waals surface area (Å²) in [7, 11) is 0. The Morgan fingerprint density at radius 1 is 1.00 bits per heavy atom. The SMILES string of the molecule is O=C(NC1(c2ccc3c(c2)OCO3)CC1)[C@H]1CCOc2ccccc21. The number of amides is 1. The molecule has 128 valence electrons. The van der Waals surface area contributed by atoms with Gasteiger partial charge in [0.2, 0.25) is 12.7 Å². The van der Waals surface area contributed by atoms with Crippen molar-refractivity contribution in [2.24, 2.45) is 0 Å². The maximum Gasteiger partial charge on any atom is 0.231 e. The lowest BCUT2D eigenvalue weighted by Gasteiger charge is -2.27. The summed E-state index contributed by atoms with van der Waals surface area (Å²) >= 11 is 0. The zero-order chi connectivity index (χ0) is 16.9. The quantitative estimate of drug-likeness (QED) is 0.935. The first-order chi connectivity index (χ1) is 12.3. The Hall–Kier alpha value is -2.69. The molecule has 1 atom stereocenters. The first kappa shape index (κ1) is 14.6. The summed E-state index contributed by atoms with van der Waals surface area (Å²) in [6.45, 7) is 0.836. The van der Waals surface area contributed by atoms with Crippen LogP contribution in [0.5, 0.6) is 17.2 Å². The van der Waals surface area contributed by atoms with Gasteiger partial charge in [0.25, 0.3) is 0 Å². The minimum absolute atomic E-state index is 0.0749. The standard InChI is InChI=1S/C20H19NO4/c22-19(15-7-10-23-16-4-2-1-3-14(15)16)21-20(8-9-20)13-5-6-17-18(11-13)25-12-24-17/h1-6,11,15H,7-10,12H2,(H,21,22)/t15-/m0/s1. The third kappa shape index (κ3) is 2.42. The molecule has 0 saturated heterocycles. The fourth-order valence-corrected chi connectivity index (χ4v) is 3.74. The second kappa shape index (κ2) is 5.41. The van der Waals surface area contributed by atoms with E-state index in [1.807, 2.05) is 42.5 Å². The average molecular weight is 337 g/mol. The number of carbonyl (C=O) groups excluding carboxylic acids is 1. The van der Waals surface area contributed by atoms with Gasteiger partial charge in [0.05, 0.1) is 18.1 Å². The number of rotatable bonds is 3. The van der Waals surface area contributed by atoms with E-state index in [1.165, 1.54) is 0 Å². The molecule has 2 aromatic rings. The van der Waals surface area contributed by atoms with E-state index in [4.69, 9.17) is 14.2 Å². The molecule has 25 heavy (non-hydrogen) atoms. The minimum Gasteiger partial charge on any atom is -0.493 e. The van der Waals surface area contributed by atoms with Crippen molar-refractivity contribution in [1.82, 2.24) is 5.32 Å². The van der Waals surface area contributed by atoms with Crippen molar-refractivity contribution in [2.45, 2.75) is 30.7 Å². The van der Waals surface area contributed by atoms with Crippen LogP contribution < -0.4 is 19.5 Å². The number of hydrogen-bond acceptors (Lipinski definition) is 4. The van der Waals surface area contributed by atoms with Crippen LogP contribution in [0.15, 0.2) is 42.5 Å². The van der Waals surface area contributed by atoms with Crippen LogP contribution >= 0.6 is 0 Å². The van der Waals surface area contributed by atoms with Crippen LogP contribution in [-0.4, -0.2) is 19.3 Å². The van der Waals surface area contributed by atoms with E-state index in [9.17, 15) is 4.79 Å². The second-order valence-electron chi connectivity index (χ2n) is 6.87. The number of ether oxygens (including phenoxy) is 3. The fraction of sp³-hybridized carbons (Fsp3) is 0.350. The average Bonchev–Trinajstić information content (AvgIpc) is 3.27. The topological polar surface area (TPSA) is 56.8 Å². The molecule has 0 unspecified atom stereocenters. The summed E-state index contributed by atoms with van der Waals surface area (Å²) in [6, 6.07) is 13.8. The number of para-hydroxylation sites is 1. The predicted molar refractivity (Wildman–Crippen MR) is 90.9 cm³/mol. The molecule has 0 bridgehead atoms. The molecule has 2 aliphatic heterocycles. The summed E-state index contributed by atoms with van der Waals surface area (Å²) in [5, 5.41) is 3.29. The molecule has 5 nitrogen and oxygen atoms in total. The number of nitrogens with one attached hydrogen (secondary N) is 1. The molecule has 0 spiro atoms. The highest BCUT2D eigenvalue weighted by Gasteiger charge is 2.47. The third-order valence-electron chi connectivity index (χ3n) is 5.31. The minimum atomic E-state index is -0.273. The van der Waals surface area contributed by atoms with Crippen LogP contribution in [0.3, 0.4) is 0 Å². The highest BCUT2D eigenvalue weighted by Crippen LogP contribution is 2.49. The molecule has 3 aliphatic rings. The monoisotopic (exact) mass is 337 g/mol. The molecule has 1 aliphatic carbocycles. The van der Waals surface area contributed by atoms with Crippen molar-refractivity contribution in [3.8, 4) is 17.2 Å². The number of benzene rings is 2. The molecule has 5 heteroatoms. The normalized spacial score (nSPS) is 21.8. The smallest absolute Gasteiger partial charge is 0.231 e. The van der Waals surface area contributed by atoms with Crippen molar-refractivity contribution >= 4 is 5.91 Å². The lowest BCUT2D eigenvalue weighted by Crippen LogP contribution is -2.39. The van der Waals surface area contributed by atoms with E-state index in [0.717, 1.165) is 41.2 Å². The first-order valence-corrected chi connectivity index (χ1v) is 8.69. The Morgan fingerprint density at radius 2 is 1.84 bits per heavy atom. The Balaban J connectivity index is 1.39. The molecule has 2 aromatic carbocycles. The molecule has 0 radical (unpaired) electrons. The Bertz CT molecular complexity index is 843. The number of hydrogen-bond donors (Lipinski definition) is 1. The van der Waals surface area contributed by atoms with Gasteiger partial charge < -0.3 is 19.5 Å². The van der Waals surface area contributed by atoms with Gasteiger partial charge in [-0.2, -0.15) is 0 Å². The highest BCUT2D eigenvalue weighted by molar-refractivity contribution is 5.86. The molecule has 5 rings (SSSR count). The van der Waals surface area contributed by atoms with Gasteiger partial charge >= 0.3 is 0 Å². The van der Waals surface area contributed by atoms with Crippen LogP contribution in [0.4, 0.5) is 0 Å². The van der Waals surface area contributed by atoms with Gasteiger partial charge in [0.1, 0.15) is 5.75 Å². The predicted octanol–water partition coefficient (Wildman–Crippen LogP) is 3.09. The van der Waals surface area contributed by atoms with Crippen LogP contribution in [0.1, 0.15) is 36.3 Å². The second-order valence-corrected chi connectivity index (χ2v) is 6.87. The van der Waals surface area contributed by atoms with Gasteiger partial charge in [-0.3, -0.25) is 4.79 Å². The van der Waals surface area contributed by atoms with E-state index in [-0.39, 0.29) is 24.2 Å². The zero-order valence-corrected chi connectivity index (χ0v) is 13.8. The Labute approximate surface area is 145 Å². The summed E-state index contributed by atoms with van der Waals surface area (Å²) in [5.74, 6) is 2.27. The van der Waals surface area contributed by atoms with Crippen molar-refractivity contribution in [3.05, 3.63) is 53.6 Å². The molecule has 0 aromatic heterocycles. The molecule has 1 amide bonds. The van der Waals surface area contributed by atoms with Crippen molar-refractivity contribution in [1.29, 1.82) is 0 Å². The number of fused-ring (bicyclic) bond motifs is 2. The molecular weight excluding hydrogens is 318 g/mol. The zero-order valence-electron chi connectivity index (χ0n) is 13.8. The maximum atomic E-state index is 13.0. The van der Waals surface area contributed by atoms with E-state index in [1.54, 1.807) is 0 Å². The number of carbonyl (C=O) groups is 1. The van der Waals surface area contributed by atoms with E-state index >= 15 is 0 Å². The third-order valence-corrected chi connectivity index (χ3v) is 5.31. The summed E-state index contributed by atoms with van der Waals surface area (Å²) in [4.78, 5) is 13.0. The van der Waals surface area contributed by atoms with E-state index < -0.39 is 0 Å². The van der Waals surface area contributed by atoms with Gasteiger partial charge in [-0.15, -0.1) is 0 Å². The van der Waals surface area contributed by atoms with Crippen LogP contribution in [0.2, 0.25) is 0 Å². The highest BCUT2D eigenvalue weighted by atomic mass is 16.7. The van der Waals surface area contributed by atoms with Crippen LogP contribution in [-0.2, 0) is 10.3 Å². The maximum absolute atomic E-state index is 13.0. The molecule has 1 saturated carbocycles. The van der Waals surface area contributed by atoms with Crippen molar-refractivity contribution < 1.29 is 19.0 Å². The summed E-state index contributed by atoms with van der Waals surface area (Å²) in [6.07, 6.45) is 2.60. The largest absolute Gasteiger partial charge is 0.493 e. The van der Waals surface area contributed by atoms with Gasteiger partial charge in [-0.1, -0.05) is 24.3 Å². The Kier molecular flexibility index (Phi) is 3.17. The summed E-state index contributed by atoms with van der Waals surface area (Å²) < 4.78 is 16.5. The van der Waals surface area contributed by atoms with Gasteiger partial charge in [0.15, 0.2) is 11.5 Å². The Morgan fingerprint density at radius 3 is 2.72 bits per heavy atom. The summed E-state index contributed by atoms with van der Waals surface area (Å²) in [5.41, 5.74) is 1.80. The van der Waals surface area contributed by atoms with Gasteiger partial charge in [0, 0.05) is 5.56 Å². The van der Waals surface area contributed by atoms with Gasteiger partial charge in [-0.25, -0.2) is 0 Å². The van der Waals surface area contributed by atoms with Crippen LogP contribution in [0, 0.1) is 0 Å². The van der Waals surface area contributed by atoms with Crippen molar-refractivity contribution in [3.63, 3.8) is 0 Å². The molecule has 1 N–H and O–H groups in total. The van der Waals surface area contributed by atoms with E-state index in [2.05, 4.69) is 5.32 Å². The molecule has 1 fully saturated rings. The van der Waals surface area contributed by atoms with E-state index in [0.29, 0.717) is 13.0 Å². The van der Waals surface area contributed by atoms with Gasteiger partial charge in [-0.05, 0) is 43.0 Å². The van der Waals surface area contributed by atoms with Crippen molar-refractivity contribution in [2.75, 3.05) is 13.4 Å². The first-order valence-electron chi connectivity index (χ1n) is 8.69. The molecular formula is C20H19NO4. The van der Waals surface area contributed by atoms with Crippen LogP contribution in [0.25, 0.3) is 0 Å². The molecule has 2 heterocycles.